The van der Waals surface area contributed by atoms with Crippen molar-refractivity contribution in [2.75, 3.05) is 7.11 Å². The minimum absolute atomic E-state index is 0.303. The van der Waals surface area contributed by atoms with E-state index >= 15 is 0 Å². The third-order valence-corrected chi connectivity index (χ3v) is 3.24. The lowest BCUT2D eigenvalue weighted by molar-refractivity contribution is -0.135. The molecule has 0 aliphatic carbocycles. The third-order valence-electron chi connectivity index (χ3n) is 3.24. The molecule has 1 atom stereocenters. The molecule has 1 unspecified atom stereocenters. The monoisotopic (exact) mass is 337 g/mol. The van der Waals surface area contributed by atoms with Crippen molar-refractivity contribution in [2.45, 2.75) is 45.8 Å². The lowest BCUT2D eigenvalue weighted by Gasteiger charge is -2.26. The Balaban J connectivity index is 2.79. The van der Waals surface area contributed by atoms with Gasteiger partial charge in [-0.25, -0.2) is 9.18 Å². The Hall–Kier alpha value is -2.37. The topological polar surface area (TPSA) is 64.6 Å². The van der Waals surface area contributed by atoms with Gasteiger partial charge in [0.15, 0.2) is 6.10 Å². The smallest absolute Gasteiger partial charge is 0.330 e. The van der Waals surface area contributed by atoms with Gasteiger partial charge in [0.25, 0.3) is 5.91 Å². The van der Waals surface area contributed by atoms with Crippen molar-refractivity contribution < 1.29 is 23.5 Å². The van der Waals surface area contributed by atoms with Crippen molar-refractivity contribution in [3.05, 3.63) is 41.7 Å². The van der Waals surface area contributed by atoms with Gasteiger partial charge in [-0.1, -0.05) is 13.0 Å². The summed E-state index contributed by atoms with van der Waals surface area (Å²) < 4.78 is 23.6. The van der Waals surface area contributed by atoms with E-state index < -0.39 is 23.4 Å². The molecule has 6 heteroatoms. The van der Waals surface area contributed by atoms with Gasteiger partial charge >= 0.3 is 5.97 Å². The van der Waals surface area contributed by atoms with Gasteiger partial charge in [-0.05, 0) is 44.9 Å². The van der Waals surface area contributed by atoms with E-state index in [-0.39, 0.29) is 5.91 Å². The molecule has 1 aromatic carbocycles. The maximum atomic E-state index is 13.4. The first-order chi connectivity index (χ1) is 11.2. The molecule has 24 heavy (non-hydrogen) atoms. The zero-order valence-electron chi connectivity index (χ0n) is 14.7. The molecule has 1 N–H and O–H groups in total. The van der Waals surface area contributed by atoms with Crippen molar-refractivity contribution in [3.63, 3.8) is 0 Å². The van der Waals surface area contributed by atoms with Gasteiger partial charge in [0.2, 0.25) is 0 Å². The zero-order valence-corrected chi connectivity index (χ0v) is 14.7. The molecule has 0 aliphatic heterocycles. The van der Waals surface area contributed by atoms with Crippen LogP contribution in [0.4, 0.5) is 4.39 Å². The zero-order chi connectivity index (χ0) is 18.3. The van der Waals surface area contributed by atoms with Crippen LogP contribution < -0.4 is 10.1 Å². The predicted molar refractivity (Wildman–Crippen MR) is 89.2 cm³/mol. The van der Waals surface area contributed by atoms with Crippen LogP contribution in [0.5, 0.6) is 5.75 Å². The third kappa shape index (κ3) is 6.40. The highest BCUT2D eigenvalue weighted by molar-refractivity contribution is 5.84. The van der Waals surface area contributed by atoms with Gasteiger partial charge in [0.05, 0.1) is 12.6 Å². The second kappa shape index (κ2) is 8.47. The molecule has 0 bridgehead atoms. The maximum Gasteiger partial charge on any atom is 0.330 e. The number of ether oxygens (including phenoxy) is 2. The Bertz CT molecular complexity index is 605. The van der Waals surface area contributed by atoms with Crippen molar-refractivity contribution in [3.8, 4) is 5.75 Å². The van der Waals surface area contributed by atoms with E-state index in [9.17, 15) is 14.0 Å². The summed E-state index contributed by atoms with van der Waals surface area (Å²) in [6.07, 6.45) is 2.43. The Morgan fingerprint density at radius 2 is 2.00 bits per heavy atom. The summed E-state index contributed by atoms with van der Waals surface area (Å²) in [5.74, 6) is -0.964. The number of halogens is 1. The highest BCUT2D eigenvalue weighted by Crippen LogP contribution is 2.18. The first-order valence-electron chi connectivity index (χ1n) is 7.70. The summed E-state index contributed by atoms with van der Waals surface area (Å²) >= 11 is 0. The number of hydrogen-bond acceptors (Lipinski definition) is 4. The van der Waals surface area contributed by atoms with Gasteiger partial charge < -0.3 is 14.8 Å². The number of rotatable bonds is 7. The predicted octanol–water partition coefficient (Wildman–Crippen LogP) is 2.92. The molecular weight excluding hydrogens is 313 g/mol. The second-order valence-corrected chi connectivity index (χ2v) is 6.05. The lowest BCUT2D eigenvalue weighted by Crippen LogP contribution is -2.48. The molecule has 0 aliphatic rings. The number of amides is 1. The van der Waals surface area contributed by atoms with Crippen LogP contribution in [0, 0.1) is 12.7 Å². The van der Waals surface area contributed by atoms with Gasteiger partial charge in [0.1, 0.15) is 11.6 Å². The Labute approximate surface area is 141 Å². The van der Waals surface area contributed by atoms with Crippen molar-refractivity contribution in [1.82, 2.24) is 5.32 Å². The Kier molecular flexibility index (Phi) is 6.95. The maximum absolute atomic E-state index is 13.4. The highest BCUT2D eigenvalue weighted by Gasteiger charge is 2.25. The highest BCUT2D eigenvalue weighted by atomic mass is 19.1. The molecule has 0 radical (unpaired) electrons. The fourth-order valence-electron chi connectivity index (χ4n) is 2.04. The van der Waals surface area contributed by atoms with Crippen LogP contribution in [-0.4, -0.2) is 30.6 Å². The van der Waals surface area contributed by atoms with E-state index in [1.165, 1.54) is 31.4 Å². The minimum atomic E-state index is -0.767. The average molecular weight is 337 g/mol. The normalized spacial score (nSPS) is 12.8. The standard InChI is InChI=1S/C18H24FNO4/c1-6-15(24-14-10-12(2)9-13(19)11-14)17(22)20-18(3,4)8-7-16(21)23-5/h7-11,15H,6H2,1-5H3,(H,20,22)/b8-7+. The minimum Gasteiger partial charge on any atom is -0.481 e. The van der Waals surface area contributed by atoms with Crippen molar-refractivity contribution in [1.29, 1.82) is 0 Å². The van der Waals surface area contributed by atoms with Gasteiger partial charge in [0, 0.05) is 12.1 Å². The first kappa shape index (κ1) is 19.7. The van der Waals surface area contributed by atoms with Crippen molar-refractivity contribution >= 4 is 11.9 Å². The number of benzene rings is 1. The summed E-state index contributed by atoms with van der Waals surface area (Å²) in [5.41, 5.74) is -0.0542. The Morgan fingerprint density at radius 1 is 1.33 bits per heavy atom. The number of carbonyl (C=O) groups is 2. The largest absolute Gasteiger partial charge is 0.481 e. The number of carbonyl (C=O) groups excluding carboxylic acids is 2. The summed E-state index contributed by atoms with van der Waals surface area (Å²) in [6.45, 7) is 7.03. The van der Waals surface area contributed by atoms with Gasteiger partial charge in [-0.15, -0.1) is 0 Å². The number of nitrogens with one attached hydrogen (secondary N) is 1. The summed E-state index contributed by atoms with van der Waals surface area (Å²) in [5, 5.41) is 2.78. The number of aryl methyl sites for hydroxylation is 1. The quantitative estimate of drug-likeness (QED) is 0.614. The summed E-state index contributed by atoms with van der Waals surface area (Å²) in [6, 6.07) is 4.29. The molecule has 1 aromatic rings. The summed E-state index contributed by atoms with van der Waals surface area (Å²) in [4.78, 5) is 23.6. The van der Waals surface area contributed by atoms with E-state index in [0.29, 0.717) is 17.7 Å². The molecule has 5 nitrogen and oxygen atoms in total. The average Bonchev–Trinajstić information content (AvgIpc) is 2.48. The molecule has 0 saturated heterocycles. The van der Waals surface area contributed by atoms with Crippen LogP contribution in [0.1, 0.15) is 32.8 Å². The molecule has 1 amide bonds. The SMILES string of the molecule is CCC(Oc1cc(C)cc(F)c1)C(=O)NC(C)(C)/C=C/C(=O)OC. The van der Waals surface area contributed by atoms with Crippen LogP contribution in [0.2, 0.25) is 0 Å². The molecular formula is C18H24FNO4. The molecule has 132 valence electrons. The number of esters is 1. The summed E-state index contributed by atoms with van der Waals surface area (Å²) in [7, 11) is 1.28. The van der Waals surface area contributed by atoms with Crippen molar-refractivity contribution in [2.24, 2.45) is 0 Å². The molecule has 0 aromatic heterocycles. The molecule has 1 rings (SSSR count). The molecule has 0 spiro atoms. The van der Waals surface area contributed by atoms with E-state index in [1.807, 2.05) is 0 Å². The lowest BCUT2D eigenvalue weighted by atomic mass is 10.0. The second-order valence-electron chi connectivity index (χ2n) is 6.05. The van der Waals surface area contributed by atoms with Crippen LogP contribution in [0.15, 0.2) is 30.4 Å². The van der Waals surface area contributed by atoms with E-state index in [2.05, 4.69) is 10.1 Å². The van der Waals surface area contributed by atoms with Crippen LogP contribution >= 0.6 is 0 Å². The first-order valence-corrected chi connectivity index (χ1v) is 7.70. The fraction of sp³-hybridized carbons (Fsp3) is 0.444. The molecule has 0 fully saturated rings. The van der Waals surface area contributed by atoms with E-state index in [1.54, 1.807) is 33.8 Å². The fourth-order valence-corrected chi connectivity index (χ4v) is 2.04. The van der Waals surface area contributed by atoms with Gasteiger partial charge in [-0.2, -0.15) is 0 Å². The van der Waals surface area contributed by atoms with Crippen LogP contribution in [-0.2, 0) is 14.3 Å². The molecule has 0 heterocycles. The number of hydrogen-bond donors (Lipinski definition) is 1. The van der Waals surface area contributed by atoms with Gasteiger partial charge in [-0.3, -0.25) is 4.79 Å². The Morgan fingerprint density at radius 3 is 2.54 bits per heavy atom. The van der Waals surface area contributed by atoms with Crippen LogP contribution in [0.3, 0.4) is 0 Å². The number of methoxy groups -OCH3 is 1. The molecule has 0 saturated carbocycles. The van der Waals surface area contributed by atoms with Crippen LogP contribution in [0.25, 0.3) is 0 Å². The van der Waals surface area contributed by atoms with E-state index in [0.717, 1.165) is 0 Å². The van der Waals surface area contributed by atoms with E-state index in [4.69, 9.17) is 4.74 Å².